The number of benzene rings is 1. The molecule has 1 fully saturated rings. The van der Waals surface area contributed by atoms with E-state index in [1.54, 1.807) is 0 Å². The van der Waals surface area contributed by atoms with Gasteiger partial charge < -0.3 is 10.2 Å². The summed E-state index contributed by atoms with van der Waals surface area (Å²) in [6.07, 6.45) is 5.40. The van der Waals surface area contributed by atoms with Crippen molar-refractivity contribution in [1.82, 2.24) is 10.2 Å². The van der Waals surface area contributed by atoms with Crippen molar-refractivity contribution in [2.24, 2.45) is 11.8 Å². The van der Waals surface area contributed by atoms with Crippen molar-refractivity contribution >= 4 is 11.6 Å². The quantitative estimate of drug-likeness (QED) is 0.848. The van der Waals surface area contributed by atoms with Crippen LogP contribution in [0.1, 0.15) is 38.2 Å². The maximum absolute atomic E-state index is 6.08. The van der Waals surface area contributed by atoms with Crippen LogP contribution in [-0.4, -0.2) is 31.6 Å². The molecular weight excluding hydrogens is 280 g/mol. The fourth-order valence-electron chi connectivity index (χ4n) is 3.73. The van der Waals surface area contributed by atoms with Crippen molar-refractivity contribution in [2.75, 3.05) is 20.6 Å². The molecule has 21 heavy (non-hydrogen) atoms. The van der Waals surface area contributed by atoms with Gasteiger partial charge in [0.05, 0.1) is 0 Å². The first-order valence-electron chi connectivity index (χ1n) is 8.22. The largest absolute Gasteiger partial charge is 0.317 e. The Kier molecular flexibility index (Phi) is 6.53. The Hall–Kier alpha value is -0.570. The second-order valence-electron chi connectivity index (χ2n) is 6.57. The molecule has 2 rings (SSSR count). The van der Waals surface area contributed by atoms with Crippen LogP contribution in [0.2, 0.25) is 5.02 Å². The van der Waals surface area contributed by atoms with E-state index in [1.165, 1.54) is 31.2 Å². The molecule has 0 bridgehead atoms. The molecule has 118 valence electrons. The predicted octanol–water partition coefficient (Wildman–Crippen LogP) is 4.19. The molecule has 0 aliphatic heterocycles. The van der Waals surface area contributed by atoms with Gasteiger partial charge in [0.2, 0.25) is 0 Å². The van der Waals surface area contributed by atoms with Gasteiger partial charge in [-0.3, -0.25) is 0 Å². The van der Waals surface area contributed by atoms with E-state index in [4.69, 9.17) is 11.6 Å². The lowest BCUT2D eigenvalue weighted by molar-refractivity contribution is 0.153. The molecule has 0 aromatic heterocycles. The number of halogens is 1. The highest BCUT2D eigenvalue weighted by atomic mass is 35.5. The minimum atomic E-state index is 0.676. The van der Waals surface area contributed by atoms with Crippen molar-refractivity contribution in [3.63, 3.8) is 0 Å². The van der Waals surface area contributed by atoms with Crippen molar-refractivity contribution in [1.29, 1.82) is 0 Å². The minimum absolute atomic E-state index is 0.676. The third kappa shape index (κ3) is 4.98. The third-order valence-corrected chi connectivity index (χ3v) is 5.16. The van der Waals surface area contributed by atoms with Crippen LogP contribution in [0.15, 0.2) is 24.3 Å². The zero-order valence-electron chi connectivity index (χ0n) is 13.6. The van der Waals surface area contributed by atoms with Crippen molar-refractivity contribution in [3.05, 3.63) is 34.9 Å². The minimum Gasteiger partial charge on any atom is -0.317 e. The second-order valence-corrected chi connectivity index (χ2v) is 7.01. The molecule has 3 heteroatoms. The van der Waals surface area contributed by atoms with Crippen LogP contribution in [0.5, 0.6) is 0 Å². The van der Waals surface area contributed by atoms with Crippen LogP contribution in [0.25, 0.3) is 0 Å². The zero-order chi connectivity index (χ0) is 15.2. The first kappa shape index (κ1) is 16.8. The Labute approximate surface area is 134 Å². The molecule has 2 nitrogen and oxygen atoms in total. The van der Waals surface area contributed by atoms with Gasteiger partial charge in [-0.15, -0.1) is 0 Å². The number of hydrogen-bond acceptors (Lipinski definition) is 2. The number of nitrogens with zero attached hydrogens (tertiary/aromatic N) is 1. The molecule has 0 saturated heterocycles. The zero-order valence-corrected chi connectivity index (χ0v) is 14.4. The van der Waals surface area contributed by atoms with E-state index in [9.17, 15) is 0 Å². The SMILES string of the molecule is CCC1CCC(NC)C(CN(C)Cc2cccc(Cl)c2)C1. The lowest BCUT2D eigenvalue weighted by Crippen LogP contribution is -2.43. The Morgan fingerprint density at radius 1 is 1.33 bits per heavy atom. The Morgan fingerprint density at radius 3 is 2.81 bits per heavy atom. The molecule has 0 amide bonds. The van der Waals surface area contributed by atoms with Gasteiger partial charge in [-0.2, -0.15) is 0 Å². The summed E-state index contributed by atoms with van der Waals surface area (Å²) >= 11 is 6.08. The molecule has 1 saturated carbocycles. The smallest absolute Gasteiger partial charge is 0.0409 e. The first-order valence-corrected chi connectivity index (χ1v) is 8.60. The third-order valence-electron chi connectivity index (χ3n) is 4.93. The molecule has 1 aliphatic carbocycles. The topological polar surface area (TPSA) is 15.3 Å². The molecule has 3 atom stereocenters. The van der Waals surface area contributed by atoms with E-state index in [0.717, 1.165) is 29.9 Å². The molecule has 1 N–H and O–H groups in total. The average molecular weight is 309 g/mol. The summed E-state index contributed by atoms with van der Waals surface area (Å²) < 4.78 is 0. The highest BCUT2D eigenvalue weighted by Crippen LogP contribution is 2.31. The summed E-state index contributed by atoms with van der Waals surface area (Å²) in [4.78, 5) is 2.44. The monoisotopic (exact) mass is 308 g/mol. The molecule has 1 aromatic rings. The fraction of sp³-hybridized carbons (Fsp3) is 0.667. The van der Waals surface area contributed by atoms with Crippen LogP contribution in [0.4, 0.5) is 0 Å². The summed E-state index contributed by atoms with van der Waals surface area (Å²) in [5.74, 6) is 1.68. The van der Waals surface area contributed by atoms with E-state index < -0.39 is 0 Å². The van der Waals surface area contributed by atoms with E-state index in [1.807, 2.05) is 12.1 Å². The van der Waals surface area contributed by atoms with Gasteiger partial charge in [0.15, 0.2) is 0 Å². The number of rotatable bonds is 6. The van der Waals surface area contributed by atoms with E-state index >= 15 is 0 Å². The van der Waals surface area contributed by atoms with Gasteiger partial charge in [-0.05, 0) is 62.9 Å². The second kappa shape index (κ2) is 8.17. The predicted molar refractivity (Wildman–Crippen MR) is 91.8 cm³/mol. The van der Waals surface area contributed by atoms with Crippen LogP contribution >= 0.6 is 11.6 Å². The van der Waals surface area contributed by atoms with Crippen LogP contribution in [-0.2, 0) is 6.54 Å². The summed E-state index contributed by atoms with van der Waals surface area (Å²) in [6.45, 7) is 4.47. The van der Waals surface area contributed by atoms with Gasteiger partial charge in [-0.1, -0.05) is 37.1 Å². The van der Waals surface area contributed by atoms with Gasteiger partial charge >= 0.3 is 0 Å². The highest BCUT2D eigenvalue weighted by molar-refractivity contribution is 6.30. The summed E-state index contributed by atoms with van der Waals surface area (Å²) in [5, 5.41) is 4.36. The van der Waals surface area contributed by atoms with Gasteiger partial charge in [0, 0.05) is 24.2 Å². The lowest BCUT2D eigenvalue weighted by Gasteiger charge is -2.38. The average Bonchev–Trinajstić information content (AvgIpc) is 2.47. The van der Waals surface area contributed by atoms with Gasteiger partial charge in [0.25, 0.3) is 0 Å². The van der Waals surface area contributed by atoms with Crippen LogP contribution in [0, 0.1) is 11.8 Å². The fourth-order valence-corrected chi connectivity index (χ4v) is 3.94. The normalized spacial score (nSPS) is 26.2. The van der Waals surface area contributed by atoms with Gasteiger partial charge in [-0.25, -0.2) is 0 Å². The summed E-state index contributed by atoms with van der Waals surface area (Å²) in [5.41, 5.74) is 1.30. The molecule has 0 heterocycles. The van der Waals surface area contributed by atoms with Crippen LogP contribution in [0.3, 0.4) is 0 Å². The van der Waals surface area contributed by atoms with E-state index in [2.05, 4.69) is 43.4 Å². The number of nitrogens with one attached hydrogen (secondary N) is 1. The summed E-state index contributed by atoms with van der Waals surface area (Å²) in [6, 6.07) is 8.89. The molecule has 1 aliphatic rings. The molecule has 3 unspecified atom stereocenters. The first-order chi connectivity index (χ1) is 10.1. The molecule has 1 aromatic carbocycles. The Bertz CT molecular complexity index is 435. The summed E-state index contributed by atoms with van der Waals surface area (Å²) in [7, 11) is 4.34. The number of hydrogen-bond donors (Lipinski definition) is 1. The van der Waals surface area contributed by atoms with Crippen LogP contribution < -0.4 is 5.32 Å². The Balaban J connectivity index is 1.91. The van der Waals surface area contributed by atoms with Crippen molar-refractivity contribution in [2.45, 2.75) is 45.2 Å². The molecular formula is C18H29ClN2. The lowest BCUT2D eigenvalue weighted by atomic mass is 9.76. The highest BCUT2D eigenvalue weighted by Gasteiger charge is 2.29. The maximum atomic E-state index is 6.08. The standard InChI is InChI=1S/C18H29ClN2/c1-4-14-8-9-18(20-2)16(10-14)13-21(3)12-15-6-5-7-17(19)11-15/h5-7,11,14,16,18,20H,4,8-10,12-13H2,1-3H3. The maximum Gasteiger partial charge on any atom is 0.0409 e. The molecule has 0 radical (unpaired) electrons. The molecule has 0 spiro atoms. The van der Waals surface area contributed by atoms with Crippen molar-refractivity contribution in [3.8, 4) is 0 Å². The van der Waals surface area contributed by atoms with Crippen molar-refractivity contribution < 1.29 is 0 Å². The Morgan fingerprint density at radius 2 is 2.14 bits per heavy atom. The van der Waals surface area contributed by atoms with E-state index in [0.29, 0.717) is 6.04 Å². The van der Waals surface area contributed by atoms with E-state index in [-0.39, 0.29) is 0 Å². The van der Waals surface area contributed by atoms with Gasteiger partial charge in [0.1, 0.15) is 0 Å².